The molecular weight excluding hydrogens is 318 g/mol. The van der Waals surface area contributed by atoms with E-state index in [1.165, 1.54) is 0 Å². The first-order valence-electron chi connectivity index (χ1n) is 8.78. The Bertz CT molecular complexity index is 669. The minimum absolute atomic E-state index is 0.284. The smallest absolute Gasteiger partial charge is 0.209 e. The SMILES string of the molecule is COc1ccc(-c2cnc(CN3CCN(C[C@H](C)O)[C@@H](C)C3)o2)cc1. The van der Waals surface area contributed by atoms with Crippen molar-refractivity contribution >= 4 is 0 Å². The molecule has 1 N–H and O–H groups in total. The Hall–Kier alpha value is -1.89. The molecule has 1 aliphatic rings. The van der Waals surface area contributed by atoms with Gasteiger partial charge in [0.1, 0.15) is 5.75 Å². The third kappa shape index (κ3) is 4.60. The second kappa shape index (κ2) is 7.99. The van der Waals surface area contributed by atoms with Gasteiger partial charge in [0.15, 0.2) is 5.76 Å². The van der Waals surface area contributed by atoms with Gasteiger partial charge in [0, 0.05) is 37.8 Å². The summed E-state index contributed by atoms with van der Waals surface area (Å²) in [6.07, 6.45) is 1.50. The third-order valence-electron chi connectivity index (χ3n) is 4.63. The highest BCUT2D eigenvalue weighted by Gasteiger charge is 2.25. The molecule has 2 heterocycles. The zero-order valence-corrected chi connectivity index (χ0v) is 15.2. The number of piperazine rings is 1. The third-order valence-corrected chi connectivity index (χ3v) is 4.63. The number of benzene rings is 1. The summed E-state index contributed by atoms with van der Waals surface area (Å²) < 4.78 is 11.1. The molecule has 0 radical (unpaired) electrons. The molecule has 25 heavy (non-hydrogen) atoms. The summed E-state index contributed by atoms with van der Waals surface area (Å²) >= 11 is 0. The summed E-state index contributed by atoms with van der Waals surface area (Å²) in [7, 11) is 1.66. The van der Waals surface area contributed by atoms with Gasteiger partial charge in [0.25, 0.3) is 0 Å². The van der Waals surface area contributed by atoms with Crippen LogP contribution >= 0.6 is 0 Å². The van der Waals surface area contributed by atoms with E-state index in [2.05, 4.69) is 21.7 Å². The highest BCUT2D eigenvalue weighted by molar-refractivity contribution is 5.57. The molecule has 0 amide bonds. The van der Waals surface area contributed by atoms with Gasteiger partial charge in [-0.1, -0.05) is 0 Å². The lowest BCUT2D eigenvalue weighted by molar-refractivity contribution is 0.0393. The van der Waals surface area contributed by atoms with Crippen LogP contribution in [-0.4, -0.2) is 65.3 Å². The number of aliphatic hydroxyl groups excluding tert-OH is 1. The van der Waals surface area contributed by atoms with Crippen molar-refractivity contribution in [2.24, 2.45) is 0 Å². The number of hydrogen-bond acceptors (Lipinski definition) is 6. The van der Waals surface area contributed by atoms with Crippen molar-refractivity contribution in [2.75, 3.05) is 33.3 Å². The second-order valence-corrected chi connectivity index (χ2v) is 6.77. The Morgan fingerprint density at radius 3 is 2.72 bits per heavy atom. The number of nitrogens with zero attached hydrogens (tertiary/aromatic N) is 3. The molecule has 0 bridgehead atoms. The van der Waals surface area contributed by atoms with E-state index in [0.29, 0.717) is 12.6 Å². The molecule has 1 fully saturated rings. The first-order valence-corrected chi connectivity index (χ1v) is 8.78. The number of aromatic nitrogens is 1. The maximum absolute atomic E-state index is 9.58. The molecule has 6 heteroatoms. The van der Waals surface area contributed by atoms with E-state index < -0.39 is 0 Å². The molecule has 2 atom stereocenters. The van der Waals surface area contributed by atoms with Gasteiger partial charge < -0.3 is 14.3 Å². The van der Waals surface area contributed by atoms with Crippen LogP contribution in [0.5, 0.6) is 5.75 Å². The quantitative estimate of drug-likeness (QED) is 0.866. The van der Waals surface area contributed by atoms with Crippen molar-refractivity contribution in [1.29, 1.82) is 0 Å². The summed E-state index contributed by atoms with van der Waals surface area (Å²) in [5, 5.41) is 9.58. The molecule has 136 valence electrons. The fourth-order valence-electron chi connectivity index (χ4n) is 3.29. The van der Waals surface area contributed by atoms with Gasteiger partial charge in [-0.3, -0.25) is 9.80 Å². The van der Waals surface area contributed by atoms with Crippen LogP contribution in [0.1, 0.15) is 19.7 Å². The summed E-state index contributed by atoms with van der Waals surface area (Å²) in [4.78, 5) is 9.12. The Kier molecular flexibility index (Phi) is 5.73. The topological polar surface area (TPSA) is 62.0 Å². The lowest BCUT2D eigenvalue weighted by Gasteiger charge is -2.39. The van der Waals surface area contributed by atoms with Crippen LogP contribution in [0.25, 0.3) is 11.3 Å². The lowest BCUT2D eigenvalue weighted by Crippen LogP contribution is -2.53. The summed E-state index contributed by atoms with van der Waals surface area (Å²) in [6.45, 7) is 8.35. The predicted octanol–water partition coefficient (Wildman–Crippen LogP) is 2.24. The molecule has 1 saturated heterocycles. The van der Waals surface area contributed by atoms with Crippen molar-refractivity contribution in [1.82, 2.24) is 14.8 Å². The Labute approximate surface area is 149 Å². The number of methoxy groups -OCH3 is 1. The number of β-amino-alcohol motifs (C(OH)–C–C–N with tert-alkyl or cyclic N) is 1. The molecule has 0 spiro atoms. The van der Waals surface area contributed by atoms with Crippen LogP contribution < -0.4 is 4.74 Å². The van der Waals surface area contributed by atoms with E-state index in [1.54, 1.807) is 13.3 Å². The monoisotopic (exact) mass is 345 g/mol. The number of oxazole rings is 1. The lowest BCUT2D eigenvalue weighted by atomic mass is 10.1. The van der Waals surface area contributed by atoms with E-state index in [9.17, 15) is 5.11 Å². The molecular formula is C19H27N3O3. The summed E-state index contributed by atoms with van der Waals surface area (Å²) in [5.41, 5.74) is 0.995. The zero-order chi connectivity index (χ0) is 17.8. The largest absolute Gasteiger partial charge is 0.497 e. The Morgan fingerprint density at radius 2 is 2.08 bits per heavy atom. The zero-order valence-electron chi connectivity index (χ0n) is 15.2. The minimum Gasteiger partial charge on any atom is -0.497 e. The first kappa shape index (κ1) is 17.9. The molecule has 1 aliphatic heterocycles. The number of ether oxygens (including phenoxy) is 1. The fraction of sp³-hybridized carbons (Fsp3) is 0.526. The average Bonchev–Trinajstić information content (AvgIpc) is 3.05. The molecule has 1 aromatic heterocycles. The highest BCUT2D eigenvalue weighted by Crippen LogP contribution is 2.24. The summed E-state index contributed by atoms with van der Waals surface area (Å²) in [6, 6.07) is 8.20. The molecule has 0 saturated carbocycles. The predicted molar refractivity (Wildman–Crippen MR) is 96.5 cm³/mol. The van der Waals surface area contributed by atoms with Gasteiger partial charge in [0.2, 0.25) is 5.89 Å². The second-order valence-electron chi connectivity index (χ2n) is 6.77. The molecule has 6 nitrogen and oxygen atoms in total. The molecule has 0 aliphatic carbocycles. The van der Waals surface area contributed by atoms with Crippen LogP contribution in [-0.2, 0) is 6.54 Å². The van der Waals surface area contributed by atoms with Gasteiger partial charge in [-0.25, -0.2) is 4.98 Å². The van der Waals surface area contributed by atoms with Crippen molar-refractivity contribution in [2.45, 2.75) is 32.5 Å². The van der Waals surface area contributed by atoms with Gasteiger partial charge >= 0.3 is 0 Å². The van der Waals surface area contributed by atoms with Gasteiger partial charge in [-0.05, 0) is 38.1 Å². The van der Waals surface area contributed by atoms with E-state index in [1.807, 2.05) is 31.2 Å². The number of aliphatic hydroxyl groups is 1. The Balaban J connectivity index is 1.58. The van der Waals surface area contributed by atoms with Crippen LogP contribution in [0.3, 0.4) is 0 Å². The van der Waals surface area contributed by atoms with Gasteiger partial charge in [0.05, 0.1) is 26.0 Å². The van der Waals surface area contributed by atoms with Crippen LogP contribution in [0.4, 0.5) is 0 Å². The minimum atomic E-state index is -0.284. The van der Waals surface area contributed by atoms with Crippen molar-refractivity contribution < 1.29 is 14.3 Å². The molecule has 0 unspecified atom stereocenters. The first-order chi connectivity index (χ1) is 12.0. The fourth-order valence-corrected chi connectivity index (χ4v) is 3.29. The maximum atomic E-state index is 9.58. The van der Waals surface area contributed by atoms with Crippen LogP contribution in [0.2, 0.25) is 0 Å². The molecule has 3 rings (SSSR count). The van der Waals surface area contributed by atoms with E-state index in [4.69, 9.17) is 9.15 Å². The maximum Gasteiger partial charge on any atom is 0.209 e. The van der Waals surface area contributed by atoms with Crippen LogP contribution in [0, 0.1) is 0 Å². The van der Waals surface area contributed by atoms with E-state index >= 15 is 0 Å². The Morgan fingerprint density at radius 1 is 1.32 bits per heavy atom. The van der Waals surface area contributed by atoms with E-state index in [0.717, 1.165) is 49.1 Å². The number of rotatable bonds is 6. The summed E-state index contributed by atoms with van der Waals surface area (Å²) in [5.74, 6) is 2.34. The van der Waals surface area contributed by atoms with Crippen molar-refractivity contribution in [3.05, 3.63) is 36.4 Å². The normalized spacial score (nSPS) is 20.6. The van der Waals surface area contributed by atoms with Gasteiger partial charge in [-0.2, -0.15) is 0 Å². The highest BCUT2D eigenvalue weighted by atomic mass is 16.5. The standard InChI is InChI=1S/C19H27N3O3/c1-14-11-21(8-9-22(14)12-15(2)23)13-19-20-10-18(25-19)16-4-6-17(24-3)7-5-16/h4-7,10,14-15,23H,8-9,11-13H2,1-3H3/t14-,15-/m0/s1. The average molecular weight is 345 g/mol. The van der Waals surface area contributed by atoms with Crippen molar-refractivity contribution in [3.8, 4) is 17.1 Å². The van der Waals surface area contributed by atoms with Crippen LogP contribution in [0.15, 0.2) is 34.9 Å². The van der Waals surface area contributed by atoms with E-state index in [-0.39, 0.29) is 6.10 Å². The number of hydrogen-bond donors (Lipinski definition) is 1. The van der Waals surface area contributed by atoms with Crippen molar-refractivity contribution in [3.63, 3.8) is 0 Å². The molecule has 1 aromatic carbocycles. The van der Waals surface area contributed by atoms with Gasteiger partial charge in [-0.15, -0.1) is 0 Å². The molecule has 2 aromatic rings.